The molecule has 1 aromatic rings. The van der Waals surface area contributed by atoms with Gasteiger partial charge < -0.3 is 4.90 Å². The van der Waals surface area contributed by atoms with Crippen LogP contribution in [-0.4, -0.2) is 38.4 Å². The van der Waals surface area contributed by atoms with Crippen molar-refractivity contribution in [3.05, 3.63) is 24.3 Å². The zero-order valence-corrected chi connectivity index (χ0v) is 16.1. The van der Waals surface area contributed by atoms with Crippen molar-refractivity contribution in [2.24, 2.45) is 0 Å². The van der Waals surface area contributed by atoms with E-state index in [2.05, 4.69) is 4.72 Å². The van der Waals surface area contributed by atoms with Crippen LogP contribution in [0, 0.1) is 0 Å². The lowest BCUT2D eigenvalue weighted by Gasteiger charge is -2.20. The quantitative estimate of drug-likeness (QED) is 0.736. The smallest absolute Gasteiger partial charge is 0.240 e. The molecule has 7 heteroatoms. The van der Waals surface area contributed by atoms with E-state index in [-0.39, 0.29) is 10.8 Å². The van der Waals surface area contributed by atoms with Crippen LogP contribution < -0.4 is 9.62 Å². The van der Waals surface area contributed by atoms with Gasteiger partial charge in [-0.05, 0) is 43.5 Å². The van der Waals surface area contributed by atoms with Crippen LogP contribution in [0.5, 0.6) is 0 Å². The van der Waals surface area contributed by atoms with E-state index in [0.29, 0.717) is 24.8 Å². The Bertz CT molecular complexity index is 683. The summed E-state index contributed by atoms with van der Waals surface area (Å²) >= 11 is 1.88. The Balaban J connectivity index is 1.50. The van der Waals surface area contributed by atoms with Gasteiger partial charge in [0.1, 0.15) is 0 Å². The van der Waals surface area contributed by atoms with E-state index in [4.69, 9.17) is 0 Å². The Kier molecular flexibility index (Phi) is 6.41. The van der Waals surface area contributed by atoms with Gasteiger partial charge in [0.05, 0.1) is 4.90 Å². The SMILES string of the molecule is O=C1CCCN1c1ccc(S(=O)(=O)NCCSC2CCCCC2)cc1. The molecule has 1 aliphatic heterocycles. The predicted molar refractivity (Wildman–Crippen MR) is 103 cm³/mol. The Morgan fingerprint density at radius 2 is 1.80 bits per heavy atom. The van der Waals surface area contributed by atoms with Crippen LogP contribution in [0.25, 0.3) is 0 Å². The van der Waals surface area contributed by atoms with E-state index in [1.54, 1.807) is 29.2 Å². The first-order valence-corrected chi connectivity index (χ1v) is 11.6. The summed E-state index contributed by atoms with van der Waals surface area (Å²) in [5, 5.41) is 0.690. The number of carbonyl (C=O) groups excluding carboxylic acids is 1. The molecule has 0 aromatic heterocycles. The zero-order valence-electron chi connectivity index (χ0n) is 14.4. The minimum Gasteiger partial charge on any atom is -0.312 e. The third kappa shape index (κ3) is 4.99. The van der Waals surface area contributed by atoms with Crippen molar-refractivity contribution in [1.82, 2.24) is 4.72 Å². The molecule has 1 heterocycles. The normalized spacial score (nSPS) is 19.5. The van der Waals surface area contributed by atoms with Crippen molar-refractivity contribution < 1.29 is 13.2 Å². The van der Waals surface area contributed by atoms with Gasteiger partial charge in [0.25, 0.3) is 0 Å². The number of thioether (sulfide) groups is 1. The third-order valence-electron chi connectivity index (χ3n) is 4.83. The van der Waals surface area contributed by atoms with E-state index in [1.807, 2.05) is 11.8 Å². The van der Waals surface area contributed by atoms with Gasteiger partial charge in [-0.1, -0.05) is 19.3 Å². The number of hydrogen-bond donors (Lipinski definition) is 1. The number of anilines is 1. The lowest BCUT2D eigenvalue weighted by molar-refractivity contribution is -0.117. The molecule has 3 rings (SSSR count). The molecule has 0 spiro atoms. The number of rotatable bonds is 7. The predicted octanol–water partition coefficient (Wildman–Crippen LogP) is 3.16. The summed E-state index contributed by atoms with van der Waals surface area (Å²) in [4.78, 5) is 13.7. The Labute approximate surface area is 154 Å². The second kappa shape index (κ2) is 8.56. The van der Waals surface area contributed by atoms with E-state index in [1.165, 1.54) is 32.1 Å². The summed E-state index contributed by atoms with van der Waals surface area (Å²) in [5.41, 5.74) is 0.773. The molecule has 0 unspecified atom stereocenters. The molecule has 1 aliphatic carbocycles. The van der Waals surface area contributed by atoms with E-state index in [9.17, 15) is 13.2 Å². The van der Waals surface area contributed by atoms with Crippen molar-refractivity contribution >= 4 is 33.4 Å². The number of hydrogen-bond acceptors (Lipinski definition) is 4. The fraction of sp³-hybridized carbons (Fsp3) is 0.611. The molecular weight excluding hydrogens is 356 g/mol. The molecule has 2 aliphatic rings. The van der Waals surface area contributed by atoms with E-state index < -0.39 is 10.0 Å². The summed E-state index contributed by atoms with van der Waals surface area (Å²) in [6.45, 7) is 1.16. The molecule has 1 aromatic carbocycles. The number of sulfonamides is 1. The highest BCUT2D eigenvalue weighted by Crippen LogP contribution is 2.28. The molecular formula is C18H26N2O3S2. The highest BCUT2D eigenvalue weighted by Gasteiger charge is 2.22. The van der Waals surface area contributed by atoms with Crippen LogP contribution in [0.1, 0.15) is 44.9 Å². The standard InChI is InChI=1S/C18H26N2O3S2/c21-18-7-4-13-20(18)15-8-10-17(11-9-15)25(22,23)19-12-14-24-16-5-2-1-3-6-16/h8-11,16,19H,1-7,12-14H2. The van der Waals surface area contributed by atoms with Gasteiger partial charge in [0, 0.05) is 36.2 Å². The summed E-state index contributed by atoms with van der Waals surface area (Å²) in [6.07, 6.45) is 7.88. The fourth-order valence-electron chi connectivity index (χ4n) is 3.44. The first-order chi connectivity index (χ1) is 12.1. The van der Waals surface area contributed by atoms with Crippen LogP contribution in [0.2, 0.25) is 0 Å². The number of carbonyl (C=O) groups is 1. The van der Waals surface area contributed by atoms with Gasteiger partial charge in [-0.2, -0.15) is 11.8 Å². The molecule has 1 N–H and O–H groups in total. The van der Waals surface area contributed by atoms with Gasteiger partial charge in [0.15, 0.2) is 0 Å². The molecule has 2 fully saturated rings. The van der Waals surface area contributed by atoms with Gasteiger partial charge in [-0.3, -0.25) is 4.79 Å². The average Bonchev–Trinajstić information content (AvgIpc) is 3.06. The summed E-state index contributed by atoms with van der Waals surface area (Å²) in [6, 6.07) is 6.60. The van der Waals surface area contributed by atoms with Crippen molar-refractivity contribution in [3.63, 3.8) is 0 Å². The minimum absolute atomic E-state index is 0.105. The van der Waals surface area contributed by atoms with Crippen LogP contribution in [-0.2, 0) is 14.8 Å². The summed E-state index contributed by atoms with van der Waals surface area (Å²) in [7, 11) is -3.48. The van der Waals surface area contributed by atoms with Gasteiger partial charge in [-0.15, -0.1) is 0 Å². The average molecular weight is 383 g/mol. The van der Waals surface area contributed by atoms with E-state index >= 15 is 0 Å². The maximum Gasteiger partial charge on any atom is 0.240 e. The van der Waals surface area contributed by atoms with Crippen LogP contribution in [0.15, 0.2) is 29.2 Å². The summed E-state index contributed by atoms with van der Waals surface area (Å²) < 4.78 is 27.4. The third-order valence-corrected chi connectivity index (χ3v) is 7.69. The Morgan fingerprint density at radius 1 is 1.08 bits per heavy atom. The number of nitrogens with zero attached hydrogens (tertiary/aromatic N) is 1. The highest BCUT2D eigenvalue weighted by atomic mass is 32.2. The Morgan fingerprint density at radius 3 is 2.44 bits per heavy atom. The monoisotopic (exact) mass is 382 g/mol. The maximum absolute atomic E-state index is 12.4. The van der Waals surface area contributed by atoms with Crippen molar-refractivity contribution in [1.29, 1.82) is 0 Å². The second-order valence-electron chi connectivity index (χ2n) is 6.67. The van der Waals surface area contributed by atoms with Gasteiger partial charge >= 0.3 is 0 Å². The van der Waals surface area contributed by atoms with Crippen LogP contribution in [0.3, 0.4) is 0 Å². The topological polar surface area (TPSA) is 66.5 Å². The molecule has 1 saturated carbocycles. The highest BCUT2D eigenvalue weighted by molar-refractivity contribution is 8.00. The molecule has 1 amide bonds. The maximum atomic E-state index is 12.4. The van der Waals surface area contributed by atoms with Gasteiger partial charge in [-0.25, -0.2) is 13.1 Å². The molecule has 5 nitrogen and oxygen atoms in total. The van der Waals surface area contributed by atoms with Crippen LogP contribution >= 0.6 is 11.8 Å². The van der Waals surface area contributed by atoms with E-state index in [0.717, 1.165) is 17.9 Å². The first kappa shape index (κ1) is 18.7. The fourth-order valence-corrected chi connectivity index (χ4v) is 5.82. The number of nitrogens with one attached hydrogen (secondary N) is 1. The van der Waals surface area contributed by atoms with Crippen molar-refractivity contribution in [2.45, 2.75) is 55.1 Å². The molecule has 1 saturated heterocycles. The molecule has 0 bridgehead atoms. The van der Waals surface area contributed by atoms with Crippen molar-refractivity contribution in [2.75, 3.05) is 23.7 Å². The first-order valence-electron chi connectivity index (χ1n) is 9.08. The van der Waals surface area contributed by atoms with Crippen LogP contribution in [0.4, 0.5) is 5.69 Å². The number of benzene rings is 1. The second-order valence-corrected chi connectivity index (χ2v) is 9.85. The molecule has 0 radical (unpaired) electrons. The molecule has 138 valence electrons. The zero-order chi connectivity index (χ0) is 17.7. The Hall–Kier alpha value is -1.05. The van der Waals surface area contributed by atoms with Gasteiger partial charge in [0.2, 0.25) is 15.9 Å². The summed E-state index contributed by atoms with van der Waals surface area (Å²) in [5.74, 6) is 0.915. The minimum atomic E-state index is -3.48. The molecule has 25 heavy (non-hydrogen) atoms. The molecule has 0 atom stereocenters. The van der Waals surface area contributed by atoms with Crippen molar-refractivity contribution in [3.8, 4) is 0 Å². The largest absolute Gasteiger partial charge is 0.312 e. The number of amides is 1. The lowest BCUT2D eigenvalue weighted by Crippen LogP contribution is -2.27. The lowest BCUT2D eigenvalue weighted by atomic mass is 10.0.